The van der Waals surface area contributed by atoms with E-state index in [2.05, 4.69) is 185 Å². The van der Waals surface area contributed by atoms with Crippen molar-refractivity contribution in [2.24, 2.45) is 0 Å². The Bertz CT molecular complexity index is 3240. The van der Waals surface area contributed by atoms with E-state index >= 15 is 0 Å². The fourth-order valence-corrected chi connectivity index (χ4v) is 8.64. The summed E-state index contributed by atoms with van der Waals surface area (Å²) in [6.45, 7) is 0. The average molecular weight is 703 g/mol. The van der Waals surface area contributed by atoms with Crippen molar-refractivity contribution in [1.29, 1.82) is 0 Å². The topological polar surface area (TPSA) is 30.1 Å². The van der Waals surface area contributed by atoms with Gasteiger partial charge in [0.15, 0.2) is 0 Å². The summed E-state index contributed by atoms with van der Waals surface area (Å²) in [6, 6.07) is 71.0. The molecular weight excluding hydrogens is 669 g/mol. The van der Waals surface area contributed by atoms with Crippen LogP contribution in [0.1, 0.15) is 0 Å². The molecule has 0 radical (unpaired) electrons. The van der Waals surface area contributed by atoms with Gasteiger partial charge in [0.1, 0.15) is 5.75 Å². The number of hydrogen-bond acceptors (Lipinski definition) is 1. The second-order valence-corrected chi connectivity index (χ2v) is 14.3. The van der Waals surface area contributed by atoms with Gasteiger partial charge in [-0.05, 0) is 105 Å². The molecule has 11 rings (SSSR count). The number of aromatic hydroxyl groups is 1. The van der Waals surface area contributed by atoms with E-state index in [0.717, 1.165) is 55.4 Å². The Balaban J connectivity index is 1.12. The maximum absolute atomic E-state index is 11.5. The molecular formula is C52H34N2O. The second kappa shape index (κ2) is 12.4. The predicted molar refractivity (Wildman–Crippen MR) is 231 cm³/mol. The molecule has 9 aromatic carbocycles. The Hall–Kier alpha value is -7.36. The van der Waals surface area contributed by atoms with Crippen LogP contribution in [0.3, 0.4) is 0 Å². The molecule has 1 N–H and O–H groups in total. The van der Waals surface area contributed by atoms with Gasteiger partial charge in [0, 0.05) is 38.5 Å². The molecule has 2 heterocycles. The largest absolute Gasteiger partial charge is 0.507 e. The first-order valence-electron chi connectivity index (χ1n) is 18.7. The molecule has 0 fully saturated rings. The number of nitrogens with zero attached hydrogens (tertiary/aromatic N) is 2. The highest BCUT2D eigenvalue weighted by Crippen LogP contribution is 2.45. The lowest BCUT2D eigenvalue weighted by molar-refractivity contribution is 0.478. The monoisotopic (exact) mass is 702 g/mol. The van der Waals surface area contributed by atoms with Gasteiger partial charge >= 0.3 is 0 Å². The molecule has 0 saturated carbocycles. The van der Waals surface area contributed by atoms with Crippen LogP contribution in [0.4, 0.5) is 0 Å². The van der Waals surface area contributed by atoms with Gasteiger partial charge in [-0.25, -0.2) is 0 Å². The van der Waals surface area contributed by atoms with Crippen molar-refractivity contribution in [1.82, 2.24) is 9.13 Å². The normalized spacial score (nSPS) is 11.7. The lowest BCUT2D eigenvalue weighted by atomic mass is 9.96. The molecule has 55 heavy (non-hydrogen) atoms. The smallest absolute Gasteiger partial charge is 0.124 e. The average Bonchev–Trinajstić information content (AvgIpc) is 3.76. The maximum Gasteiger partial charge on any atom is 0.124 e. The van der Waals surface area contributed by atoms with Gasteiger partial charge < -0.3 is 14.2 Å². The Morgan fingerprint density at radius 3 is 1.60 bits per heavy atom. The summed E-state index contributed by atoms with van der Waals surface area (Å²) in [6.07, 6.45) is 0. The molecule has 0 saturated heterocycles. The molecule has 0 amide bonds. The summed E-state index contributed by atoms with van der Waals surface area (Å²) in [5.74, 6) is 0.271. The summed E-state index contributed by atoms with van der Waals surface area (Å²) in [7, 11) is 0. The number of phenolic OH excluding ortho intramolecular Hbond substituents is 1. The standard InChI is InChI=1S/C52H34N2O/c55-50-30-29-49-52(51(50)37-14-5-2-6-15-37)45-33-40(23-28-48(45)54(49)42-26-21-35-13-7-8-16-38(35)31-42)39-22-27-47-44(32-39)43-17-9-10-18-46(43)53(47)41-24-19-36(20-25-41)34-11-3-1-4-12-34/h1-33,55H. The van der Waals surface area contributed by atoms with Gasteiger partial charge in [0.05, 0.1) is 22.1 Å². The van der Waals surface area contributed by atoms with Crippen molar-refractivity contribution in [3.63, 3.8) is 0 Å². The maximum atomic E-state index is 11.5. The van der Waals surface area contributed by atoms with E-state index in [1.165, 1.54) is 43.7 Å². The third-order valence-corrected chi connectivity index (χ3v) is 11.2. The zero-order valence-electron chi connectivity index (χ0n) is 29.9. The molecule has 0 aliphatic heterocycles. The number of fused-ring (bicyclic) bond motifs is 7. The highest BCUT2D eigenvalue weighted by atomic mass is 16.3. The van der Waals surface area contributed by atoms with E-state index < -0.39 is 0 Å². The van der Waals surface area contributed by atoms with E-state index in [-0.39, 0.29) is 5.75 Å². The van der Waals surface area contributed by atoms with Crippen LogP contribution in [0.2, 0.25) is 0 Å². The molecule has 0 aliphatic carbocycles. The van der Waals surface area contributed by atoms with Gasteiger partial charge in [-0.1, -0.05) is 133 Å². The molecule has 258 valence electrons. The molecule has 0 spiro atoms. The highest BCUT2D eigenvalue weighted by molar-refractivity contribution is 6.18. The van der Waals surface area contributed by atoms with Crippen molar-refractivity contribution < 1.29 is 5.11 Å². The van der Waals surface area contributed by atoms with Crippen LogP contribution in [0, 0.1) is 0 Å². The molecule has 0 unspecified atom stereocenters. The predicted octanol–water partition coefficient (Wildman–Crippen LogP) is 13.7. The summed E-state index contributed by atoms with van der Waals surface area (Å²) >= 11 is 0. The van der Waals surface area contributed by atoms with Gasteiger partial charge in [0.2, 0.25) is 0 Å². The van der Waals surface area contributed by atoms with E-state index in [0.29, 0.717) is 0 Å². The van der Waals surface area contributed by atoms with Crippen LogP contribution in [0.25, 0.3) is 99.1 Å². The van der Waals surface area contributed by atoms with Gasteiger partial charge in [0.25, 0.3) is 0 Å². The molecule has 0 bridgehead atoms. The minimum Gasteiger partial charge on any atom is -0.507 e. The fourth-order valence-electron chi connectivity index (χ4n) is 8.64. The molecule has 3 heteroatoms. The van der Waals surface area contributed by atoms with Crippen molar-refractivity contribution in [3.05, 3.63) is 200 Å². The molecule has 0 aliphatic rings. The lowest BCUT2D eigenvalue weighted by Gasteiger charge is -2.11. The van der Waals surface area contributed by atoms with E-state index in [9.17, 15) is 5.11 Å². The SMILES string of the molecule is Oc1ccc2c(c1-c1ccccc1)c1cc(-c3ccc4c(c3)c3ccccc3n4-c3ccc(-c4ccccc4)cc3)ccc1n2-c1ccc2ccccc2c1. The summed E-state index contributed by atoms with van der Waals surface area (Å²) in [5.41, 5.74) is 13.2. The van der Waals surface area contributed by atoms with E-state index in [1.54, 1.807) is 0 Å². The Morgan fingerprint density at radius 2 is 0.836 bits per heavy atom. The number of para-hydroxylation sites is 1. The van der Waals surface area contributed by atoms with Crippen LogP contribution in [0.15, 0.2) is 200 Å². The quantitative estimate of drug-likeness (QED) is 0.190. The number of aromatic nitrogens is 2. The minimum atomic E-state index is 0.271. The van der Waals surface area contributed by atoms with Crippen molar-refractivity contribution >= 4 is 54.4 Å². The van der Waals surface area contributed by atoms with Crippen LogP contribution in [0.5, 0.6) is 5.75 Å². The molecule has 11 aromatic rings. The second-order valence-electron chi connectivity index (χ2n) is 14.3. The van der Waals surface area contributed by atoms with E-state index in [1.807, 2.05) is 24.3 Å². The van der Waals surface area contributed by atoms with Crippen LogP contribution >= 0.6 is 0 Å². The minimum absolute atomic E-state index is 0.271. The van der Waals surface area contributed by atoms with Gasteiger partial charge in [-0.15, -0.1) is 0 Å². The lowest BCUT2D eigenvalue weighted by Crippen LogP contribution is -1.94. The first-order chi connectivity index (χ1) is 27.2. The zero-order valence-corrected chi connectivity index (χ0v) is 29.9. The molecule has 2 aromatic heterocycles. The molecule has 0 atom stereocenters. The Kier molecular flexibility index (Phi) is 7.01. The molecule has 3 nitrogen and oxygen atoms in total. The summed E-state index contributed by atoms with van der Waals surface area (Å²) in [4.78, 5) is 0. The highest BCUT2D eigenvalue weighted by Gasteiger charge is 2.21. The van der Waals surface area contributed by atoms with Crippen molar-refractivity contribution in [2.75, 3.05) is 0 Å². The van der Waals surface area contributed by atoms with Crippen molar-refractivity contribution in [3.8, 4) is 50.5 Å². The van der Waals surface area contributed by atoms with Crippen molar-refractivity contribution in [2.45, 2.75) is 0 Å². The number of hydrogen-bond donors (Lipinski definition) is 1. The van der Waals surface area contributed by atoms with Crippen LogP contribution in [-0.4, -0.2) is 14.2 Å². The number of rotatable bonds is 5. The third-order valence-electron chi connectivity index (χ3n) is 11.2. The summed E-state index contributed by atoms with van der Waals surface area (Å²) < 4.78 is 4.71. The fraction of sp³-hybridized carbons (Fsp3) is 0. The zero-order chi connectivity index (χ0) is 36.5. The van der Waals surface area contributed by atoms with Gasteiger partial charge in [-0.2, -0.15) is 0 Å². The first-order valence-corrected chi connectivity index (χ1v) is 18.7. The Labute approximate surface area is 318 Å². The Morgan fingerprint density at radius 1 is 0.309 bits per heavy atom. The van der Waals surface area contributed by atoms with Gasteiger partial charge in [-0.3, -0.25) is 0 Å². The van der Waals surface area contributed by atoms with E-state index in [4.69, 9.17) is 0 Å². The number of phenols is 1. The van der Waals surface area contributed by atoms with Crippen LogP contribution < -0.4 is 0 Å². The number of benzene rings is 9. The third kappa shape index (κ3) is 4.98. The summed E-state index contributed by atoms with van der Waals surface area (Å²) in [5, 5.41) is 18.5. The van der Waals surface area contributed by atoms with Crippen LogP contribution in [-0.2, 0) is 0 Å². The first kappa shape index (κ1) is 31.2.